The van der Waals surface area contributed by atoms with E-state index in [9.17, 15) is 0 Å². The van der Waals surface area contributed by atoms with Crippen LogP contribution in [0.4, 0.5) is 0 Å². The van der Waals surface area contributed by atoms with Gasteiger partial charge in [0.05, 0.1) is 6.04 Å². The molecule has 0 spiro atoms. The molecule has 0 aromatic rings. The highest BCUT2D eigenvalue weighted by Crippen LogP contribution is 2.76. The quantitative estimate of drug-likeness (QED) is 0.467. The van der Waals surface area contributed by atoms with Crippen LogP contribution in [0.5, 0.6) is 0 Å². The molecule has 0 aromatic carbocycles. The summed E-state index contributed by atoms with van der Waals surface area (Å²) in [5.74, 6) is 3.01. The van der Waals surface area contributed by atoms with Gasteiger partial charge in [-0.25, -0.2) is 0 Å². The van der Waals surface area contributed by atoms with E-state index in [1.807, 2.05) is 5.57 Å². The van der Waals surface area contributed by atoms with Crippen molar-refractivity contribution in [3.8, 4) is 0 Å². The van der Waals surface area contributed by atoms with Gasteiger partial charge in [0.1, 0.15) is 0 Å². The average Bonchev–Trinajstić information content (AvgIpc) is 3.17. The molecule has 1 saturated heterocycles. The van der Waals surface area contributed by atoms with Crippen molar-refractivity contribution in [1.29, 1.82) is 0 Å². The molecule has 3 heterocycles. The number of rotatable bonds is 2. The summed E-state index contributed by atoms with van der Waals surface area (Å²) >= 11 is 0. The van der Waals surface area contributed by atoms with E-state index < -0.39 is 0 Å². The molecule has 7 atom stereocenters. The molecule has 0 radical (unpaired) electrons. The highest BCUT2D eigenvalue weighted by Gasteiger charge is 2.69. The Hall–Kier alpha value is -1.83. The molecule has 2 heteroatoms. The predicted molar refractivity (Wildman–Crippen MR) is 128 cm³/mol. The number of dihydropyridines is 1. The van der Waals surface area contributed by atoms with Crippen molar-refractivity contribution in [3.63, 3.8) is 0 Å². The molecule has 2 fully saturated rings. The molecular weight excluding hydrogens is 376 g/mol. The molecule has 0 bridgehead atoms. The number of hydrogen-bond donors (Lipinski definition) is 0. The number of hydrogen-bond acceptors (Lipinski definition) is 2. The topological polar surface area (TPSA) is 15.6 Å². The van der Waals surface area contributed by atoms with Gasteiger partial charge in [-0.3, -0.25) is 4.99 Å². The fourth-order valence-electron chi connectivity index (χ4n) is 8.74. The van der Waals surface area contributed by atoms with Crippen LogP contribution in [0.25, 0.3) is 0 Å². The van der Waals surface area contributed by atoms with E-state index >= 15 is 0 Å². The second kappa shape index (κ2) is 6.36. The summed E-state index contributed by atoms with van der Waals surface area (Å²) < 4.78 is 0. The van der Waals surface area contributed by atoms with E-state index in [0.29, 0.717) is 28.7 Å². The predicted octanol–water partition coefficient (Wildman–Crippen LogP) is 6.60. The normalized spacial score (nSPS) is 46.5. The second-order valence-corrected chi connectivity index (χ2v) is 11.8. The van der Waals surface area contributed by atoms with Crippen LogP contribution in [-0.2, 0) is 0 Å². The maximum atomic E-state index is 4.71. The third-order valence-electron chi connectivity index (χ3n) is 10.8. The minimum atomic E-state index is 0.545. The summed E-state index contributed by atoms with van der Waals surface area (Å²) in [5.41, 5.74) is 7.81. The molecule has 3 aliphatic heterocycles. The van der Waals surface area contributed by atoms with Crippen LogP contribution in [0.3, 0.4) is 0 Å². The Labute approximate surface area is 187 Å². The SMILES string of the molecule is C[C@@]12CC=CC[C@]1(C)C2CC1CCC2C3=C1CC=C1C=CCCC1N3C1=CC=NCC12. The van der Waals surface area contributed by atoms with Gasteiger partial charge in [-0.1, -0.05) is 44.2 Å². The van der Waals surface area contributed by atoms with E-state index in [2.05, 4.69) is 61.4 Å². The lowest BCUT2D eigenvalue weighted by molar-refractivity contribution is 0.301. The minimum absolute atomic E-state index is 0.545. The molecule has 4 aliphatic carbocycles. The van der Waals surface area contributed by atoms with Crippen molar-refractivity contribution in [2.24, 2.45) is 39.5 Å². The Balaban J connectivity index is 1.29. The standard InChI is InChI=1S/C29H36N2/c1-28-14-5-6-15-29(28,2)26(28)17-20-10-12-22-23-18-30-16-13-25(23)31-24-8-4-3-7-19(24)9-11-21(20)27(22)31/h3,5-7,9,13,16,20,22-24,26H,4,8,10-12,14-15,17-18H2,1-2H3/t20?,22?,23?,24?,26?,28-,29+. The molecule has 31 heavy (non-hydrogen) atoms. The van der Waals surface area contributed by atoms with Crippen LogP contribution in [0.1, 0.15) is 65.2 Å². The second-order valence-electron chi connectivity index (χ2n) is 11.8. The molecule has 7 aliphatic rings. The lowest BCUT2D eigenvalue weighted by atomic mass is 9.73. The van der Waals surface area contributed by atoms with Gasteiger partial charge in [0.15, 0.2) is 0 Å². The van der Waals surface area contributed by atoms with Gasteiger partial charge in [-0.15, -0.1) is 0 Å². The lowest BCUT2D eigenvalue weighted by Gasteiger charge is -2.38. The van der Waals surface area contributed by atoms with E-state index in [1.54, 1.807) is 17.0 Å². The lowest BCUT2D eigenvalue weighted by Crippen LogP contribution is -2.35. The van der Waals surface area contributed by atoms with Crippen molar-refractivity contribution < 1.29 is 0 Å². The third-order valence-corrected chi connectivity index (χ3v) is 10.8. The Kier molecular flexibility index (Phi) is 3.84. The molecule has 7 rings (SSSR count). The first-order valence-electron chi connectivity index (χ1n) is 12.9. The fraction of sp³-hybridized carbons (Fsp3) is 0.621. The first-order chi connectivity index (χ1) is 15.1. The van der Waals surface area contributed by atoms with Crippen LogP contribution < -0.4 is 0 Å². The van der Waals surface area contributed by atoms with Crippen molar-refractivity contribution in [2.45, 2.75) is 71.3 Å². The minimum Gasteiger partial charge on any atom is -0.341 e. The van der Waals surface area contributed by atoms with Gasteiger partial charge in [0.2, 0.25) is 0 Å². The van der Waals surface area contributed by atoms with Gasteiger partial charge in [0.25, 0.3) is 0 Å². The van der Waals surface area contributed by atoms with E-state index in [0.717, 1.165) is 18.4 Å². The maximum absolute atomic E-state index is 4.71. The number of nitrogens with zero attached hydrogens (tertiary/aromatic N) is 2. The summed E-state index contributed by atoms with van der Waals surface area (Å²) in [5, 5.41) is 0. The largest absolute Gasteiger partial charge is 0.341 e. The van der Waals surface area contributed by atoms with Crippen LogP contribution >= 0.6 is 0 Å². The molecule has 2 nitrogen and oxygen atoms in total. The molecule has 1 saturated carbocycles. The van der Waals surface area contributed by atoms with Crippen molar-refractivity contribution in [1.82, 2.24) is 4.90 Å². The summed E-state index contributed by atoms with van der Waals surface area (Å²) in [6.07, 6.45) is 27.2. The van der Waals surface area contributed by atoms with E-state index in [-0.39, 0.29) is 0 Å². The summed E-state index contributed by atoms with van der Waals surface area (Å²) in [6, 6.07) is 0.559. The fourth-order valence-corrected chi connectivity index (χ4v) is 8.74. The highest BCUT2D eigenvalue weighted by molar-refractivity contribution is 5.74. The van der Waals surface area contributed by atoms with Gasteiger partial charge in [0, 0.05) is 36.0 Å². The van der Waals surface area contributed by atoms with E-state index in [4.69, 9.17) is 4.99 Å². The zero-order valence-corrected chi connectivity index (χ0v) is 19.2. The van der Waals surface area contributed by atoms with Crippen LogP contribution in [0.15, 0.2) is 64.0 Å². The van der Waals surface area contributed by atoms with Gasteiger partial charge < -0.3 is 4.90 Å². The number of fused-ring (bicyclic) bond motifs is 6. The summed E-state index contributed by atoms with van der Waals surface area (Å²) in [6.45, 7) is 6.16. The smallest absolute Gasteiger partial charge is 0.0585 e. The number of aliphatic imine (C=N–C) groups is 1. The van der Waals surface area contributed by atoms with Gasteiger partial charge >= 0.3 is 0 Å². The van der Waals surface area contributed by atoms with Crippen molar-refractivity contribution >= 4 is 6.21 Å². The maximum Gasteiger partial charge on any atom is 0.0585 e. The molecule has 0 amide bonds. The van der Waals surface area contributed by atoms with Gasteiger partial charge in [-0.05, 0) is 91.3 Å². The third kappa shape index (κ3) is 2.37. The van der Waals surface area contributed by atoms with Crippen LogP contribution in [0, 0.1) is 34.5 Å². The Morgan fingerprint density at radius 1 is 1.03 bits per heavy atom. The van der Waals surface area contributed by atoms with Crippen LogP contribution in [0.2, 0.25) is 0 Å². The van der Waals surface area contributed by atoms with Gasteiger partial charge in [-0.2, -0.15) is 0 Å². The molecular formula is C29H36N2. The van der Waals surface area contributed by atoms with Crippen molar-refractivity contribution in [3.05, 3.63) is 59.0 Å². The highest BCUT2D eigenvalue weighted by atomic mass is 15.2. The summed E-state index contributed by atoms with van der Waals surface area (Å²) in [7, 11) is 0. The zero-order chi connectivity index (χ0) is 20.8. The number of allylic oxidation sites excluding steroid dienone is 7. The Morgan fingerprint density at radius 2 is 1.87 bits per heavy atom. The molecule has 0 aromatic heterocycles. The monoisotopic (exact) mass is 412 g/mol. The Morgan fingerprint density at radius 3 is 2.71 bits per heavy atom. The van der Waals surface area contributed by atoms with Crippen molar-refractivity contribution in [2.75, 3.05) is 6.54 Å². The molecule has 5 unspecified atom stereocenters. The molecule has 0 N–H and O–H groups in total. The Bertz CT molecular complexity index is 986. The first kappa shape index (κ1) is 18.7. The average molecular weight is 413 g/mol. The van der Waals surface area contributed by atoms with E-state index in [1.165, 1.54) is 51.4 Å². The molecule has 162 valence electrons. The zero-order valence-electron chi connectivity index (χ0n) is 19.2. The first-order valence-corrected chi connectivity index (χ1v) is 12.9. The summed E-state index contributed by atoms with van der Waals surface area (Å²) in [4.78, 5) is 7.55. The van der Waals surface area contributed by atoms with Crippen LogP contribution in [-0.4, -0.2) is 23.7 Å².